The number of nitrogens with two attached hydrogens (primary N) is 1. The van der Waals surface area contributed by atoms with E-state index in [-0.39, 0.29) is 6.42 Å². The predicted molar refractivity (Wildman–Crippen MR) is 118 cm³/mol. The smallest absolute Gasteiger partial charge is 0.254 e. The van der Waals surface area contributed by atoms with Gasteiger partial charge in [0, 0.05) is 13.5 Å². The van der Waals surface area contributed by atoms with Crippen molar-refractivity contribution in [2.75, 3.05) is 7.11 Å². The highest BCUT2D eigenvalue weighted by atomic mass is 16.5. The molecule has 6 nitrogen and oxygen atoms in total. The summed E-state index contributed by atoms with van der Waals surface area (Å²) in [5.41, 5.74) is 8.17. The molecule has 0 saturated heterocycles. The van der Waals surface area contributed by atoms with E-state index in [1.54, 1.807) is 12.1 Å². The molecule has 3 N–H and O–H groups in total. The Balaban J connectivity index is 1.60. The molecule has 0 spiro atoms. The van der Waals surface area contributed by atoms with Crippen LogP contribution in [0.5, 0.6) is 5.75 Å². The maximum atomic E-state index is 12.7. The van der Waals surface area contributed by atoms with Crippen molar-refractivity contribution in [2.45, 2.75) is 25.2 Å². The number of carbonyl (C=O) groups excluding carboxylic acids is 2. The molecule has 31 heavy (non-hydrogen) atoms. The first-order valence-corrected chi connectivity index (χ1v) is 10.00. The van der Waals surface area contributed by atoms with Crippen molar-refractivity contribution in [3.63, 3.8) is 0 Å². The molecule has 0 radical (unpaired) electrons. The highest BCUT2D eigenvalue weighted by Crippen LogP contribution is 2.18. The summed E-state index contributed by atoms with van der Waals surface area (Å²) in [7, 11) is 1.45. The van der Waals surface area contributed by atoms with E-state index in [1.165, 1.54) is 7.11 Å². The summed E-state index contributed by atoms with van der Waals surface area (Å²) >= 11 is 0. The number of carbonyl (C=O) groups is 2. The minimum atomic E-state index is -0.857. The molecule has 0 fully saturated rings. The number of hydrogen-bond donors (Lipinski definition) is 2. The van der Waals surface area contributed by atoms with Crippen LogP contribution >= 0.6 is 0 Å². The first kappa shape index (κ1) is 22.1. The fourth-order valence-electron chi connectivity index (χ4n) is 3.19. The largest absolute Gasteiger partial charge is 0.489 e. The monoisotopic (exact) mass is 418 g/mol. The third-order valence-electron chi connectivity index (χ3n) is 4.85. The lowest BCUT2D eigenvalue weighted by Crippen LogP contribution is -2.47. The zero-order chi connectivity index (χ0) is 22.1. The highest BCUT2D eigenvalue weighted by Gasteiger charge is 2.25. The number of amides is 2. The van der Waals surface area contributed by atoms with Crippen LogP contribution in [0.3, 0.4) is 0 Å². The van der Waals surface area contributed by atoms with Gasteiger partial charge in [-0.2, -0.15) is 0 Å². The summed E-state index contributed by atoms with van der Waals surface area (Å²) in [4.78, 5) is 24.6. The van der Waals surface area contributed by atoms with Crippen molar-refractivity contribution in [1.29, 1.82) is 0 Å². The van der Waals surface area contributed by atoms with Crippen LogP contribution in [-0.4, -0.2) is 25.0 Å². The number of nitrogens with one attached hydrogen (secondary N) is 1. The van der Waals surface area contributed by atoms with Gasteiger partial charge in [-0.25, -0.2) is 0 Å². The average molecular weight is 418 g/mol. The van der Waals surface area contributed by atoms with Gasteiger partial charge in [0.2, 0.25) is 5.91 Å². The summed E-state index contributed by atoms with van der Waals surface area (Å²) in [6.45, 7) is 0.470. The van der Waals surface area contributed by atoms with Gasteiger partial charge < -0.3 is 20.5 Å². The Morgan fingerprint density at radius 2 is 1.48 bits per heavy atom. The van der Waals surface area contributed by atoms with Crippen LogP contribution in [0.15, 0.2) is 84.9 Å². The maximum Gasteiger partial charge on any atom is 0.254 e. The number of hydrogen-bond acceptors (Lipinski definition) is 4. The van der Waals surface area contributed by atoms with E-state index in [1.807, 2.05) is 72.8 Å². The predicted octanol–water partition coefficient (Wildman–Crippen LogP) is 3.17. The van der Waals surface area contributed by atoms with Crippen LogP contribution in [0.4, 0.5) is 0 Å². The molecular formula is C25H26N2O4. The van der Waals surface area contributed by atoms with Crippen molar-refractivity contribution in [2.24, 2.45) is 5.73 Å². The first-order valence-electron chi connectivity index (χ1n) is 10.00. The fraction of sp³-hybridized carbons (Fsp3) is 0.200. The van der Waals surface area contributed by atoms with E-state index in [9.17, 15) is 9.59 Å². The molecule has 3 aromatic carbocycles. The fourth-order valence-corrected chi connectivity index (χ4v) is 3.19. The van der Waals surface area contributed by atoms with Gasteiger partial charge in [0.1, 0.15) is 18.4 Å². The Bertz CT molecular complexity index is 975. The molecule has 0 bridgehead atoms. The molecule has 160 valence electrons. The zero-order valence-corrected chi connectivity index (χ0v) is 17.4. The average Bonchev–Trinajstić information content (AvgIpc) is 2.80. The maximum absolute atomic E-state index is 12.7. The van der Waals surface area contributed by atoms with E-state index in [0.29, 0.717) is 12.2 Å². The van der Waals surface area contributed by atoms with Crippen LogP contribution < -0.4 is 15.8 Å². The molecule has 0 aliphatic heterocycles. The minimum Gasteiger partial charge on any atom is -0.489 e. The highest BCUT2D eigenvalue weighted by molar-refractivity contribution is 5.89. The summed E-state index contributed by atoms with van der Waals surface area (Å²) < 4.78 is 11.1. The second-order valence-corrected chi connectivity index (χ2v) is 7.11. The number of benzene rings is 3. The van der Waals surface area contributed by atoms with Gasteiger partial charge in [-0.05, 0) is 28.8 Å². The number of rotatable bonds is 10. The van der Waals surface area contributed by atoms with Crippen LogP contribution in [0.25, 0.3) is 0 Å². The van der Waals surface area contributed by atoms with E-state index < -0.39 is 24.0 Å². The quantitative estimate of drug-likeness (QED) is 0.529. The lowest BCUT2D eigenvalue weighted by Gasteiger charge is -2.20. The lowest BCUT2D eigenvalue weighted by molar-refractivity contribution is -0.134. The van der Waals surface area contributed by atoms with E-state index in [0.717, 1.165) is 16.9 Å². The van der Waals surface area contributed by atoms with Gasteiger partial charge >= 0.3 is 0 Å². The molecule has 0 aromatic heterocycles. The third kappa shape index (κ3) is 6.42. The molecule has 3 rings (SSSR count). The molecule has 0 aliphatic carbocycles. The first-order chi connectivity index (χ1) is 15.1. The van der Waals surface area contributed by atoms with Crippen molar-refractivity contribution in [3.8, 4) is 5.75 Å². The van der Waals surface area contributed by atoms with Gasteiger partial charge in [0.05, 0.1) is 0 Å². The van der Waals surface area contributed by atoms with Crippen molar-refractivity contribution in [1.82, 2.24) is 5.32 Å². The normalized spacial score (nSPS) is 12.5. The molecule has 3 aromatic rings. The summed E-state index contributed by atoms with van der Waals surface area (Å²) in [6.07, 6.45) is -0.553. The molecule has 2 amide bonds. The molecule has 6 heteroatoms. The summed E-state index contributed by atoms with van der Waals surface area (Å²) in [5, 5.41) is 2.71. The van der Waals surface area contributed by atoms with Crippen molar-refractivity contribution >= 4 is 11.8 Å². The lowest BCUT2D eigenvalue weighted by atomic mass is 10.0. The van der Waals surface area contributed by atoms with Gasteiger partial charge in [0.15, 0.2) is 6.10 Å². The summed E-state index contributed by atoms with van der Waals surface area (Å²) in [5.74, 6) is -0.309. The Labute approximate surface area is 182 Å². The minimum absolute atomic E-state index is 0.269. The second-order valence-electron chi connectivity index (χ2n) is 7.11. The van der Waals surface area contributed by atoms with Crippen LogP contribution in [0.1, 0.15) is 22.8 Å². The number of primary amides is 1. The van der Waals surface area contributed by atoms with E-state index in [2.05, 4.69) is 5.32 Å². The van der Waals surface area contributed by atoms with E-state index in [4.69, 9.17) is 15.2 Å². The van der Waals surface area contributed by atoms with Crippen molar-refractivity contribution < 1.29 is 19.1 Å². The second kappa shape index (κ2) is 10.9. The summed E-state index contributed by atoms with van der Waals surface area (Å²) in [6, 6.07) is 25.5. The van der Waals surface area contributed by atoms with Crippen LogP contribution in [-0.2, 0) is 27.4 Å². The third-order valence-corrected chi connectivity index (χ3v) is 4.85. The molecule has 0 aliphatic rings. The number of methoxy groups -OCH3 is 1. The van der Waals surface area contributed by atoms with Crippen LogP contribution in [0, 0.1) is 0 Å². The van der Waals surface area contributed by atoms with Crippen LogP contribution in [0.2, 0.25) is 0 Å². The molecule has 0 saturated carbocycles. The topological polar surface area (TPSA) is 90.7 Å². The Hall–Kier alpha value is -3.64. The Morgan fingerprint density at radius 3 is 2.06 bits per heavy atom. The molecule has 2 atom stereocenters. The zero-order valence-electron chi connectivity index (χ0n) is 17.4. The SMILES string of the molecule is CO[C@H](C(=O)N[C@@H](Cc1ccc(OCc2ccccc2)cc1)C(N)=O)c1ccccc1. The van der Waals surface area contributed by atoms with Crippen molar-refractivity contribution in [3.05, 3.63) is 102 Å². The van der Waals surface area contributed by atoms with Gasteiger partial charge in [-0.3, -0.25) is 9.59 Å². The molecule has 0 heterocycles. The Morgan fingerprint density at radius 1 is 0.871 bits per heavy atom. The number of ether oxygens (including phenoxy) is 2. The van der Waals surface area contributed by atoms with Gasteiger partial charge in [0.25, 0.3) is 5.91 Å². The molecule has 0 unspecified atom stereocenters. The standard InChI is InChI=1S/C25H26N2O4/c1-30-23(20-10-6-3-7-11-20)25(29)27-22(24(26)28)16-18-12-14-21(15-13-18)31-17-19-8-4-2-5-9-19/h2-15,22-23H,16-17H2,1H3,(H2,26,28)(H,27,29)/t22-,23-/m0/s1. The van der Waals surface area contributed by atoms with Gasteiger partial charge in [-0.15, -0.1) is 0 Å². The Kier molecular flexibility index (Phi) is 7.79. The van der Waals surface area contributed by atoms with Gasteiger partial charge in [-0.1, -0.05) is 72.8 Å². The molecular weight excluding hydrogens is 392 g/mol. The van der Waals surface area contributed by atoms with E-state index >= 15 is 0 Å².